The van der Waals surface area contributed by atoms with E-state index in [1.807, 2.05) is 62.4 Å². The second-order valence-corrected chi connectivity index (χ2v) is 9.86. The Bertz CT molecular complexity index is 1310. The van der Waals surface area contributed by atoms with Crippen LogP contribution in [0.5, 0.6) is 0 Å². The minimum Gasteiger partial charge on any atom is -0.441 e. The van der Waals surface area contributed by atoms with Crippen LogP contribution in [0.4, 0.5) is 0 Å². The van der Waals surface area contributed by atoms with Crippen LogP contribution in [-0.4, -0.2) is 21.6 Å². The molecule has 5 nitrogen and oxygen atoms in total. The summed E-state index contributed by atoms with van der Waals surface area (Å²) in [5, 5.41) is 3.62. The van der Waals surface area contributed by atoms with Gasteiger partial charge in [0, 0.05) is 27.6 Å². The van der Waals surface area contributed by atoms with Crippen LogP contribution >= 0.6 is 11.6 Å². The number of carbonyl (C=O) groups is 1. The molecule has 0 bridgehead atoms. The maximum atomic E-state index is 12.7. The molecule has 1 N–H and O–H groups in total. The molecule has 1 aromatic heterocycles. The largest absolute Gasteiger partial charge is 0.441 e. The van der Waals surface area contributed by atoms with Gasteiger partial charge < -0.3 is 9.73 Å². The average molecular weight is 493 g/mol. The van der Waals surface area contributed by atoms with Gasteiger partial charge >= 0.3 is 0 Å². The van der Waals surface area contributed by atoms with Gasteiger partial charge in [-0.05, 0) is 68.3 Å². The van der Waals surface area contributed by atoms with Gasteiger partial charge in [-0.2, -0.15) is 0 Å². The fourth-order valence-electron chi connectivity index (χ4n) is 3.46. The molecule has 0 radical (unpaired) electrons. The monoisotopic (exact) mass is 492 g/mol. The first kappa shape index (κ1) is 23.9. The summed E-state index contributed by atoms with van der Waals surface area (Å²) in [5.41, 5.74) is 4.09. The van der Waals surface area contributed by atoms with E-state index < -0.39 is 10.8 Å². The SMILES string of the molecule is Cc1ccc(S(=O)Cc2nc(-c3ccc(C(=O)NCCc4ccccc4Cl)cc3)oc2C)cc1. The first-order valence-corrected chi connectivity index (χ1v) is 12.6. The summed E-state index contributed by atoms with van der Waals surface area (Å²) in [4.78, 5) is 17.8. The zero-order chi connectivity index (χ0) is 24.1. The molecule has 0 saturated carbocycles. The molecule has 4 rings (SSSR count). The number of hydrogen-bond donors (Lipinski definition) is 1. The van der Waals surface area contributed by atoms with Crippen LogP contribution in [0.1, 0.15) is 32.9 Å². The Balaban J connectivity index is 1.37. The van der Waals surface area contributed by atoms with Crippen molar-refractivity contribution in [1.82, 2.24) is 10.3 Å². The lowest BCUT2D eigenvalue weighted by molar-refractivity contribution is 0.0954. The summed E-state index contributed by atoms with van der Waals surface area (Å²) in [6.07, 6.45) is 0.659. The smallest absolute Gasteiger partial charge is 0.251 e. The Kier molecular flexibility index (Phi) is 7.60. The van der Waals surface area contributed by atoms with E-state index in [-0.39, 0.29) is 11.7 Å². The molecular formula is C27H25ClN2O3S. The molecule has 1 amide bonds. The molecular weight excluding hydrogens is 468 g/mol. The molecule has 34 heavy (non-hydrogen) atoms. The van der Waals surface area contributed by atoms with E-state index in [2.05, 4.69) is 10.3 Å². The topological polar surface area (TPSA) is 72.2 Å². The van der Waals surface area contributed by atoms with Gasteiger partial charge in [-0.25, -0.2) is 4.98 Å². The van der Waals surface area contributed by atoms with E-state index in [0.29, 0.717) is 40.9 Å². The molecule has 4 aromatic rings. The zero-order valence-electron chi connectivity index (χ0n) is 19.0. The summed E-state index contributed by atoms with van der Waals surface area (Å²) in [5.74, 6) is 1.21. The van der Waals surface area contributed by atoms with E-state index in [1.165, 1.54) is 0 Å². The van der Waals surface area contributed by atoms with Crippen LogP contribution in [0.25, 0.3) is 11.5 Å². The molecule has 174 valence electrons. The van der Waals surface area contributed by atoms with Crippen molar-refractivity contribution in [2.45, 2.75) is 30.9 Å². The highest BCUT2D eigenvalue weighted by molar-refractivity contribution is 7.84. The van der Waals surface area contributed by atoms with E-state index in [9.17, 15) is 9.00 Å². The first-order valence-electron chi connectivity index (χ1n) is 10.9. The Morgan fingerprint density at radius 3 is 2.41 bits per heavy atom. The highest BCUT2D eigenvalue weighted by atomic mass is 35.5. The Labute approximate surface area is 206 Å². The van der Waals surface area contributed by atoms with E-state index in [4.69, 9.17) is 16.0 Å². The summed E-state index contributed by atoms with van der Waals surface area (Å²) in [6, 6.07) is 22.3. The number of rotatable bonds is 8. The van der Waals surface area contributed by atoms with Gasteiger partial charge in [0.1, 0.15) is 5.76 Å². The standard InChI is InChI=1S/C27H25ClN2O3S/c1-18-7-13-23(14-8-18)34(32)17-25-19(2)33-27(30-25)22-11-9-21(10-12-22)26(31)29-16-15-20-5-3-4-6-24(20)28/h3-14H,15-17H2,1-2H3,(H,29,31). The average Bonchev–Trinajstić information content (AvgIpc) is 3.20. The van der Waals surface area contributed by atoms with Crippen LogP contribution in [0, 0.1) is 13.8 Å². The Hall–Kier alpha value is -3.22. The van der Waals surface area contributed by atoms with Crippen molar-refractivity contribution in [1.29, 1.82) is 0 Å². The quantitative estimate of drug-likeness (QED) is 0.333. The van der Waals surface area contributed by atoms with Crippen molar-refractivity contribution in [3.8, 4) is 11.5 Å². The lowest BCUT2D eigenvalue weighted by Crippen LogP contribution is -2.25. The maximum Gasteiger partial charge on any atom is 0.251 e. The van der Waals surface area contributed by atoms with Crippen molar-refractivity contribution in [3.05, 3.63) is 106 Å². The van der Waals surface area contributed by atoms with Crippen molar-refractivity contribution >= 4 is 28.3 Å². The predicted molar refractivity (Wildman–Crippen MR) is 135 cm³/mol. The van der Waals surface area contributed by atoms with Gasteiger partial charge in [-0.15, -0.1) is 0 Å². The number of hydrogen-bond acceptors (Lipinski definition) is 4. The lowest BCUT2D eigenvalue weighted by atomic mass is 10.1. The molecule has 1 atom stereocenters. The molecule has 0 saturated heterocycles. The van der Waals surface area contributed by atoms with E-state index in [1.54, 1.807) is 24.3 Å². The van der Waals surface area contributed by atoms with Crippen LogP contribution in [-0.2, 0) is 23.0 Å². The van der Waals surface area contributed by atoms with Crippen LogP contribution in [0.15, 0.2) is 82.1 Å². The molecule has 1 unspecified atom stereocenters. The van der Waals surface area contributed by atoms with Gasteiger partial charge in [-0.3, -0.25) is 9.00 Å². The van der Waals surface area contributed by atoms with Crippen LogP contribution in [0.3, 0.4) is 0 Å². The van der Waals surface area contributed by atoms with E-state index >= 15 is 0 Å². The van der Waals surface area contributed by atoms with Crippen molar-refractivity contribution < 1.29 is 13.4 Å². The first-order chi connectivity index (χ1) is 16.4. The highest BCUT2D eigenvalue weighted by Gasteiger charge is 2.16. The third-order valence-electron chi connectivity index (χ3n) is 5.48. The van der Waals surface area contributed by atoms with E-state index in [0.717, 1.165) is 21.6 Å². The molecule has 0 aliphatic rings. The minimum atomic E-state index is -1.21. The molecule has 7 heteroatoms. The van der Waals surface area contributed by atoms with Crippen LogP contribution < -0.4 is 5.32 Å². The maximum absolute atomic E-state index is 12.7. The Morgan fingerprint density at radius 1 is 1.00 bits per heavy atom. The van der Waals surface area contributed by atoms with Gasteiger partial charge in [-0.1, -0.05) is 47.5 Å². The van der Waals surface area contributed by atoms with Crippen molar-refractivity contribution in [2.75, 3.05) is 6.54 Å². The zero-order valence-corrected chi connectivity index (χ0v) is 20.6. The van der Waals surface area contributed by atoms with Gasteiger partial charge in [0.2, 0.25) is 5.89 Å². The van der Waals surface area contributed by atoms with Crippen molar-refractivity contribution in [2.24, 2.45) is 0 Å². The molecule has 0 fully saturated rings. The number of benzene rings is 3. The summed E-state index contributed by atoms with van der Waals surface area (Å²) in [6.45, 7) is 4.31. The van der Waals surface area contributed by atoms with Gasteiger partial charge in [0.15, 0.2) is 0 Å². The van der Waals surface area contributed by atoms with Gasteiger partial charge in [0.25, 0.3) is 5.91 Å². The molecule has 3 aromatic carbocycles. The summed E-state index contributed by atoms with van der Waals surface area (Å²) in [7, 11) is -1.21. The molecule has 0 aliphatic heterocycles. The third kappa shape index (κ3) is 5.82. The highest BCUT2D eigenvalue weighted by Crippen LogP contribution is 2.24. The summed E-state index contributed by atoms with van der Waals surface area (Å²) >= 11 is 6.17. The number of nitrogens with one attached hydrogen (secondary N) is 1. The summed E-state index contributed by atoms with van der Waals surface area (Å²) < 4.78 is 18.5. The second-order valence-electron chi connectivity index (χ2n) is 8.00. The number of oxazole rings is 1. The van der Waals surface area contributed by atoms with Crippen molar-refractivity contribution in [3.63, 3.8) is 0 Å². The number of amides is 1. The normalized spacial score (nSPS) is 11.9. The number of nitrogens with zero attached hydrogens (tertiary/aromatic N) is 1. The number of aryl methyl sites for hydroxylation is 2. The lowest BCUT2D eigenvalue weighted by Gasteiger charge is -2.07. The number of aromatic nitrogens is 1. The minimum absolute atomic E-state index is 0.156. The fourth-order valence-corrected chi connectivity index (χ4v) is 4.81. The second kappa shape index (κ2) is 10.8. The number of halogens is 1. The molecule has 0 aliphatic carbocycles. The third-order valence-corrected chi connectivity index (χ3v) is 7.18. The predicted octanol–water partition coefficient (Wildman–Crippen LogP) is 5.89. The Morgan fingerprint density at radius 2 is 1.71 bits per heavy atom. The number of carbonyl (C=O) groups excluding carboxylic acids is 1. The molecule has 0 spiro atoms. The van der Waals surface area contributed by atoms with Crippen LogP contribution in [0.2, 0.25) is 5.02 Å². The fraction of sp³-hybridized carbons (Fsp3) is 0.185. The molecule has 1 heterocycles. The van der Waals surface area contributed by atoms with Gasteiger partial charge in [0.05, 0.1) is 22.2 Å².